The number of fused-ring (bicyclic) bond motifs is 10. The van der Waals surface area contributed by atoms with Gasteiger partial charge in [0.15, 0.2) is 5.88 Å². The molecule has 292 valence electrons. The van der Waals surface area contributed by atoms with Crippen LogP contribution >= 0.6 is 0 Å². The van der Waals surface area contributed by atoms with E-state index in [4.69, 9.17) is 4.98 Å². The maximum absolute atomic E-state index is 14.5. The van der Waals surface area contributed by atoms with Gasteiger partial charge in [-0.3, -0.25) is 29.1 Å². The second kappa shape index (κ2) is 13.6. The number of nitrogens with one attached hydrogen (secondary N) is 2. The molecule has 0 radical (unpaired) electrons. The number of aryl methyl sites for hydroxylation is 1. The van der Waals surface area contributed by atoms with E-state index in [-0.39, 0.29) is 35.1 Å². The highest BCUT2D eigenvalue weighted by atomic mass is 16.3. The van der Waals surface area contributed by atoms with Crippen molar-refractivity contribution in [2.24, 2.45) is 22.7 Å². The van der Waals surface area contributed by atoms with E-state index in [1.165, 1.54) is 4.90 Å². The van der Waals surface area contributed by atoms with Crippen molar-refractivity contribution in [3.05, 3.63) is 160 Å². The summed E-state index contributed by atoms with van der Waals surface area (Å²) in [4.78, 5) is 68.6. The zero-order valence-corrected chi connectivity index (χ0v) is 32.6. The van der Waals surface area contributed by atoms with Gasteiger partial charge in [0.2, 0.25) is 17.6 Å². The molecular formula is C48H40N6O5. The molecule has 4 aliphatic heterocycles. The van der Waals surface area contributed by atoms with Gasteiger partial charge in [-0.15, -0.1) is 0 Å². The van der Waals surface area contributed by atoms with Crippen LogP contribution in [0.15, 0.2) is 131 Å². The highest BCUT2D eigenvalue weighted by molar-refractivity contribution is 6.56. The van der Waals surface area contributed by atoms with Crippen molar-refractivity contribution >= 4 is 56.5 Å². The number of hydrogen-bond acceptors (Lipinski definition) is 8. The van der Waals surface area contributed by atoms with Crippen LogP contribution in [0.3, 0.4) is 0 Å². The number of amides is 2. The second-order valence-electron chi connectivity index (χ2n) is 16.0. The molecule has 11 rings (SSSR count). The number of benzene rings is 5. The lowest BCUT2D eigenvalue weighted by molar-refractivity contribution is -0.123. The van der Waals surface area contributed by atoms with Gasteiger partial charge in [0.05, 0.1) is 45.4 Å². The standard InChI is InChI=1S/C32H30N4O3.C16H10N2O2/c1-4-19-13-15-20(16-14-19)35-29(38)26-24(17-18(2)3)34-32(27(26)30(35)39)22-10-6-8-12-25(22)36-28(37)21-9-5-7-11-23(21)33-31(32)36;19-15-10-6-2-4-8-12(10)17-14(15)13-9-5-1-3-7-11(9)18-16(13)20/h5-16,18,24,26-27,34H,4,17H2,1-3H3;1-8,18,20H/t24?,26-,27+,32?;/m0./s1. The fourth-order valence-electron chi connectivity index (χ4n) is 9.66. The summed E-state index contributed by atoms with van der Waals surface area (Å²) >= 11 is 0. The van der Waals surface area contributed by atoms with E-state index in [2.05, 4.69) is 36.1 Å². The Morgan fingerprint density at radius 1 is 0.797 bits per heavy atom. The predicted molar refractivity (Wildman–Crippen MR) is 227 cm³/mol. The van der Waals surface area contributed by atoms with Crippen LogP contribution in [0.1, 0.15) is 60.1 Å². The summed E-state index contributed by atoms with van der Waals surface area (Å²) in [5.41, 5.74) is 5.33. The van der Waals surface area contributed by atoms with Crippen LogP contribution < -0.4 is 15.8 Å². The van der Waals surface area contributed by atoms with Crippen LogP contribution in [0.25, 0.3) is 27.5 Å². The summed E-state index contributed by atoms with van der Waals surface area (Å²) < 4.78 is 1.65. The number of aromatic amines is 1. The molecule has 5 aromatic carbocycles. The van der Waals surface area contributed by atoms with E-state index in [0.717, 1.165) is 28.5 Å². The van der Waals surface area contributed by atoms with Gasteiger partial charge in [0, 0.05) is 28.1 Å². The van der Waals surface area contributed by atoms with Gasteiger partial charge in [-0.05, 0) is 72.9 Å². The van der Waals surface area contributed by atoms with Crippen molar-refractivity contribution in [1.82, 2.24) is 19.9 Å². The number of carbonyl (C=O) groups excluding carboxylic acids is 3. The number of aromatic nitrogens is 3. The number of rotatable bonds is 5. The first-order chi connectivity index (χ1) is 28.6. The molecule has 2 saturated heterocycles. The Labute approximate surface area is 339 Å². The summed E-state index contributed by atoms with van der Waals surface area (Å²) in [5.74, 6) is -1.15. The monoisotopic (exact) mass is 780 g/mol. The Morgan fingerprint density at radius 3 is 2.25 bits per heavy atom. The molecule has 2 amide bonds. The zero-order valence-electron chi connectivity index (χ0n) is 32.6. The Bertz CT molecular complexity index is 3000. The van der Waals surface area contributed by atoms with E-state index in [9.17, 15) is 24.3 Å². The van der Waals surface area contributed by atoms with Gasteiger partial charge in [0.1, 0.15) is 17.1 Å². The summed E-state index contributed by atoms with van der Waals surface area (Å²) in [6.45, 7) is 6.32. The summed E-state index contributed by atoms with van der Waals surface area (Å²) in [7, 11) is 0. The zero-order chi connectivity index (χ0) is 40.7. The lowest BCUT2D eigenvalue weighted by Gasteiger charge is -2.32. The molecule has 6 heterocycles. The largest absolute Gasteiger partial charge is 0.494 e. The molecule has 3 N–H and O–H groups in total. The van der Waals surface area contributed by atoms with E-state index in [1.54, 1.807) is 22.8 Å². The number of aromatic hydroxyl groups is 1. The number of imide groups is 1. The average molecular weight is 781 g/mol. The number of anilines is 1. The molecule has 2 unspecified atom stereocenters. The summed E-state index contributed by atoms with van der Waals surface area (Å²) in [6.07, 6.45) is 1.59. The Balaban J connectivity index is 0.000000176. The fourth-order valence-corrected chi connectivity index (χ4v) is 9.66. The maximum Gasteiger partial charge on any atom is 0.266 e. The maximum atomic E-state index is 14.5. The molecule has 4 atom stereocenters. The second-order valence-corrected chi connectivity index (χ2v) is 16.0. The highest BCUT2D eigenvalue weighted by Gasteiger charge is 2.69. The van der Waals surface area contributed by atoms with Crippen molar-refractivity contribution in [1.29, 1.82) is 0 Å². The first-order valence-electron chi connectivity index (χ1n) is 20.0. The SMILES string of the molecule is CCc1ccc(N2C(=O)[C@H]3C(CC(C)C)NC4(c5ccccc5-n5c4nc4ccccc4c5=O)[C@H]3C2=O)cc1.O=C1C(c2c(O)[nH]c3ccccc23)=Nc2ccccc21. The van der Waals surface area contributed by atoms with Gasteiger partial charge in [-0.1, -0.05) is 93.6 Å². The first-order valence-corrected chi connectivity index (χ1v) is 20.0. The number of ketones is 1. The van der Waals surface area contributed by atoms with Crippen LogP contribution in [0.2, 0.25) is 0 Å². The minimum absolute atomic E-state index is 0.0221. The smallest absolute Gasteiger partial charge is 0.266 e. The quantitative estimate of drug-likeness (QED) is 0.153. The minimum Gasteiger partial charge on any atom is -0.494 e. The molecule has 0 saturated carbocycles. The lowest BCUT2D eigenvalue weighted by atomic mass is 9.75. The molecule has 11 nitrogen and oxygen atoms in total. The molecule has 11 heteroatoms. The van der Waals surface area contributed by atoms with E-state index >= 15 is 0 Å². The van der Waals surface area contributed by atoms with Crippen molar-refractivity contribution in [2.75, 3.05) is 4.90 Å². The van der Waals surface area contributed by atoms with Crippen LogP contribution in [0, 0.1) is 17.8 Å². The van der Waals surface area contributed by atoms with Crippen LogP contribution in [-0.2, 0) is 21.5 Å². The molecular weight excluding hydrogens is 741 g/mol. The first kappa shape index (κ1) is 36.4. The Morgan fingerprint density at radius 2 is 1.49 bits per heavy atom. The number of aliphatic imine (C=N–C) groups is 1. The van der Waals surface area contributed by atoms with E-state index in [0.29, 0.717) is 63.0 Å². The number of hydrogen-bond donors (Lipinski definition) is 3. The third kappa shape index (κ3) is 5.31. The molecule has 59 heavy (non-hydrogen) atoms. The molecule has 1 spiro atoms. The van der Waals surface area contributed by atoms with Gasteiger partial charge in [-0.25, -0.2) is 14.9 Å². The summed E-state index contributed by atoms with van der Waals surface area (Å²) in [6, 6.07) is 37.0. The third-order valence-electron chi connectivity index (χ3n) is 12.2. The molecule has 4 aliphatic rings. The van der Waals surface area contributed by atoms with Crippen molar-refractivity contribution in [3.63, 3.8) is 0 Å². The molecule has 0 bridgehead atoms. The fraction of sp³-hybridized carbons (Fsp3) is 0.208. The van der Waals surface area contributed by atoms with Crippen molar-refractivity contribution < 1.29 is 19.5 Å². The number of nitrogens with zero attached hydrogens (tertiary/aromatic N) is 4. The van der Waals surface area contributed by atoms with Crippen LogP contribution in [0.5, 0.6) is 5.88 Å². The van der Waals surface area contributed by atoms with Gasteiger partial charge in [0.25, 0.3) is 5.56 Å². The topological polar surface area (TPSA) is 150 Å². The number of Topliss-reactive ketones (excluding diaryl/α,β-unsaturated/α-hetero) is 1. The number of carbonyl (C=O) groups is 3. The molecule has 0 aliphatic carbocycles. The van der Waals surface area contributed by atoms with Gasteiger partial charge < -0.3 is 10.1 Å². The van der Waals surface area contributed by atoms with E-state index < -0.39 is 17.4 Å². The predicted octanol–water partition coefficient (Wildman–Crippen LogP) is 7.52. The Hall–Kier alpha value is -6.98. The van der Waals surface area contributed by atoms with Crippen molar-refractivity contribution in [3.8, 4) is 11.6 Å². The van der Waals surface area contributed by atoms with Crippen LogP contribution in [0.4, 0.5) is 11.4 Å². The lowest BCUT2D eigenvalue weighted by Crippen LogP contribution is -2.50. The molecule has 7 aromatic rings. The Kier molecular flexibility index (Phi) is 8.36. The van der Waals surface area contributed by atoms with Crippen molar-refractivity contribution in [2.45, 2.75) is 45.2 Å². The normalized spacial score (nSPS) is 21.2. The average Bonchev–Trinajstić information content (AvgIpc) is 4.00. The molecule has 2 fully saturated rings. The highest BCUT2D eigenvalue weighted by Crippen LogP contribution is 2.56. The summed E-state index contributed by atoms with van der Waals surface area (Å²) in [5, 5.41) is 15.2. The minimum atomic E-state index is -1.10. The third-order valence-corrected chi connectivity index (χ3v) is 12.2. The van der Waals surface area contributed by atoms with E-state index in [1.807, 2.05) is 103 Å². The number of H-pyrrole nitrogens is 1. The van der Waals surface area contributed by atoms with Crippen LogP contribution in [-0.4, -0.2) is 49.0 Å². The van der Waals surface area contributed by atoms with Gasteiger partial charge >= 0.3 is 0 Å². The molecule has 2 aromatic heterocycles. The van der Waals surface area contributed by atoms with Gasteiger partial charge in [-0.2, -0.15) is 0 Å². The number of para-hydroxylation sites is 4.